The van der Waals surface area contributed by atoms with E-state index in [-0.39, 0.29) is 17.8 Å². The average molecular weight is 436 g/mol. The molecule has 0 saturated carbocycles. The molecule has 0 aliphatic carbocycles. The molecule has 10 heteroatoms. The summed E-state index contributed by atoms with van der Waals surface area (Å²) < 4.78 is 41.1. The van der Waals surface area contributed by atoms with Gasteiger partial charge in [-0.15, -0.1) is 11.3 Å². The number of amides is 2. The Labute approximate surface area is 174 Å². The Kier molecular flexibility index (Phi) is 5.27. The molecule has 1 aromatic carbocycles. The van der Waals surface area contributed by atoms with Crippen molar-refractivity contribution >= 4 is 33.3 Å². The number of carbonyl (C=O) groups is 1. The summed E-state index contributed by atoms with van der Waals surface area (Å²) in [5.74, 6) is 0. The molecular formula is C20H19F3N4O2S. The van der Waals surface area contributed by atoms with Crippen LogP contribution in [-0.2, 0) is 25.7 Å². The predicted octanol–water partition coefficient (Wildman–Crippen LogP) is 4.48. The molecule has 6 nitrogen and oxygen atoms in total. The van der Waals surface area contributed by atoms with Gasteiger partial charge in [0.05, 0.1) is 29.5 Å². The van der Waals surface area contributed by atoms with Crippen LogP contribution < -0.4 is 10.9 Å². The number of urea groups is 1. The quantitative estimate of drug-likeness (QED) is 0.659. The molecule has 0 atom stereocenters. The van der Waals surface area contributed by atoms with E-state index in [2.05, 4.69) is 10.3 Å². The van der Waals surface area contributed by atoms with Crippen LogP contribution in [0.5, 0.6) is 0 Å². The van der Waals surface area contributed by atoms with Gasteiger partial charge in [0.25, 0.3) is 5.56 Å². The Morgan fingerprint density at radius 2 is 2.07 bits per heavy atom. The van der Waals surface area contributed by atoms with Crippen molar-refractivity contribution in [2.45, 2.75) is 39.0 Å². The fourth-order valence-electron chi connectivity index (χ4n) is 3.63. The van der Waals surface area contributed by atoms with Gasteiger partial charge in [0.2, 0.25) is 0 Å². The Bertz CT molecular complexity index is 1170. The van der Waals surface area contributed by atoms with E-state index in [4.69, 9.17) is 0 Å². The summed E-state index contributed by atoms with van der Waals surface area (Å²) in [6.07, 6.45) is -1.76. The van der Waals surface area contributed by atoms with Crippen molar-refractivity contribution < 1.29 is 18.0 Å². The van der Waals surface area contributed by atoms with E-state index in [1.54, 1.807) is 4.57 Å². The Morgan fingerprint density at radius 3 is 2.80 bits per heavy atom. The molecule has 2 aromatic heterocycles. The van der Waals surface area contributed by atoms with Gasteiger partial charge in [-0.3, -0.25) is 9.36 Å². The fraction of sp³-hybridized carbons (Fsp3) is 0.350. The second kappa shape index (κ2) is 7.75. The lowest BCUT2D eigenvalue weighted by molar-refractivity contribution is -0.136. The first-order valence-electron chi connectivity index (χ1n) is 9.51. The first-order valence-corrected chi connectivity index (χ1v) is 10.3. The minimum Gasteiger partial charge on any atom is -0.319 e. The molecule has 2 amide bonds. The van der Waals surface area contributed by atoms with Crippen molar-refractivity contribution in [1.29, 1.82) is 0 Å². The lowest BCUT2D eigenvalue weighted by Gasteiger charge is -2.27. The van der Waals surface area contributed by atoms with E-state index >= 15 is 0 Å². The molecule has 30 heavy (non-hydrogen) atoms. The van der Waals surface area contributed by atoms with Crippen molar-refractivity contribution in [1.82, 2.24) is 14.5 Å². The van der Waals surface area contributed by atoms with Gasteiger partial charge in [0, 0.05) is 18.0 Å². The molecule has 1 aliphatic rings. The summed E-state index contributed by atoms with van der Waals surface area (Å²) >= 11 is 1.35. The highest BCUT2D eigenvalue weighted by Crippen LogP contribution is 2.35. The van der Waals surface area contributed by atoms with Gasteiger partial charge in [-0.1, -0.05) is 19.1 Å². The van der Waals surface area contributed by atoms with Crippen LogP contribution in [0.15, 0.2) is 35.4 Å². The van der Waals surface area contributed by atoms with Crippen LogP contribution in [0.3, 0.4) is 0 Å². The molecule has 4 rings (SSSR count). The van der Waals surface area contributed by atoms with Crippen molar-refractivity contribution in [3.8, 4) is 0 Å². The van der Waals surface area contributed by atoms with E-state index in [0.717, 1.165) is 22.9 Å². The Hall–Kier alpha value is -2.88. The topological polar surface area (TPSA) is 67.2 Å². The number of benzene rings is 1. The zero-order valence-corrected chi connectivity index (χ0v) is 16.9. The largest absolute Gasteiger partial charge is 0.418 e. The zero-order chi connectivity index (χ0) is 21.5. The summed E-state index contributed by atoms with van der Waals surface area (Å²) in [4.78, 5) is 32.7. The third-order valence-corrected chi connectivity index (χ3v) is 6.18. The number of aromatic nitrogens is 2. The lowest BCUT2D eigenvalue weighted by Crippen LogP contribution is -2.39. The van der Waals surface area contributed by atoms with Gasteiger partial charge < -0.3 is 10.2 Å². The molecule has 0 fully saturated rings. The van der Waals surface area contributed by atoms with Gasteiger partial charge in [0.1, 0.15) is 4.83 Å². The molecule has 1 N–H and O–H groups in total. The number of hydrogen-bond acceptors (Lipinski definition) is 4. The van der Waals surface area contributed by atoms with E-state index in [1.165, 1.54) is 40.8 Å². The summed E-state index contributed by atoms with van der Waals surface area (Å²) in [6, 6.07) is 4.28. The maximum atomic E-state index is 13.2. The van der Waals surface area contributed by atoms with Gasteiger partial charge >= 0.3 is 12.2 Å². The molecule has 0 saturated heterocycles. The predicted molar refractivity (Wildman–Crippen MR) is 109 cm³/mol. The van der Waals surface area contributed by atoms with E-state index in [0.29, 0.717) is 29.7 Å². The highest BCUT2D eigenvalue weighted by molar-refractivity contribution is 7.18. The van der Waals surface area contributed by atoms with Crippen LogP contribution in [0, 0.1) is 0 Å². The minimum absolute atomic E-state index is 0.0867. The number of halogens is 3. The summed E-state index contributed by atoms with van der Waals surface area (Å²) in [7, 11) is 0. The molecule has 158 valence electrons. The number of rotatable bonds is 3. The maximum Gasteiger partial charge on any atom is 0.418 e. The molecule has 3 aromatic rings. The molecular weight excluding hydrogens is 417 g/mol. The smallest absolute Gasteiger partial charge is 0.319 e. The molecule has 0 radical (unpaired) electrons. The number of nitrogens with zero attached hydrogens (tertiary/aromatic N) is 3. The third-order valence-electron chi connectivity index (χ3n) is 5.05. The van der Waals surface area contributed by atoms with E-state index < -0.39 is 17.8 Å². The van der Waals surface area contributed by atoms with Crippen molar-refractivity contribution in [3.63, 3.8) is 0 Å². The molecule has 1 aliphatic heterocycles. The molecule has 3 heterocycles. The SMILES string of the molecule is CCCn1cnc2sc3c(c2c1=O)CCN(C(=O)Nc1ccccc1C(F)(F)F)C3. The zero-order valence-electron chi connectivity index (χ0n) is 16.1. The second-order valence-corrected chi connectivity index (χ2v) is 8.16. The monoisotopic (exact) mass is 436 g/mol. The van der Waals surface area contributed by atoms with Crippen LogP contribution in [0.2, 0.25) is 0 Å². The van der Waals surface area contributed by atoms with Crippen molar-refractivity contribution in [2.75, 3.05) is 11.9 Å². The number of nitrogens with one attached hydrogen (secondary N) is 1. The first kappa shape index (κ1) is 20.4. The van der Waals surface area contributed by atoms with Crippen molar-refractivity contribution in [2.24, 2.45) is 0 Å². The van der Waals surface area contributed by atoms with Crippen molar-refractivity contribution in [3.05, 3.63) is 57.0 Å². The summed E-state index contributed by atoms with van der Waals surface area (Å²) in [5.41, 5.74) is -0.367. The Balaban J connectivity index is 1.59. The van der Waals surface area contributed by atoms with Crippen LogP contribution >= 0.6 is 11.3 Å². The maximum absolute atomic E-state index is 13.2. The van der Waals surface area contributed by atoms with Gasteiger partial charge in [0.15, 0.2) is 0 Å². The normalized spacial score (nSPS) is 14.1. The number of anilines is 1. The highest BCUT2D eigenvalue weighted by atomic mass is 32.1. The minimum atomic E-state index is -4.56. The van der Waals surface area contributed by atoms with Gasteiger partial charge in [-0.2, -0.15) is 13.2 Å². The first-order chi connectivity index (χ1) is 14.3. The number of fused-ring (bicyclic) bond motifs is 3. The number of thiophene rings is 1. The summed E-state index contributed by atoms with van der Waals surface area (Å²) in [5, 5.41) is 2.97. The standard InChI is InChI=1S/C20H19F3N4O2S/c1-2-8-27-11-24-17-16(18(27)28)12-7-9-26(10-15(12)30-17)19(29)25-14-6-4-3-5-13(14)20(21,22)23/h3-6,11H,2,7-10H2,1H3,(H,25,29). The third kappa shape index (κ3) is 3.67. The Morgan fingerprint density at radius 1 is 1.30 bits per heavy atom. The van der Waals surface area contributed by atoms with Crippen LogP contribution in [0.4, 0.5) is 23.7 Å². The van der Waals surface area contributed by atoms with E-state index in [9.17, 15) is 22.8 Å². The van der Waals surface area contributed by atoms with Gasteiger partial charge in [-0.25, -0.2) is 9.78 Å². The number of aryl methyl sites for hydroxylation is 1. The van der Waals surface area contributed by atoms with Crippen LogP contribution in [0.25, 0.3) is 10.2 Å². The second-order valence-electron chi connectivity index (χ2n) is 7.07. The van der Waals surface area contributed by atoms with Crippen LogP contribution in [0.1, 0.15) is 29.3 Å². The molecule has 0 unspecified atom stereocenters. The van der Waals surface area contributed by atoms with E-state index in [1.807, 2.05) is 6.92 Å². The fourth-order valence-corrected chi connectivity index (χ4v) is 4.82. The highest BCUT2D eigenvalue weighted by Gasteiger charge is 2.34. The number of hydrogen-bond donors (Lipinski definition) is 1. The average Bonchev–Trinajstić information content (AvgIpc) is 3.08. The summed E-state index contributed by atoms with van der Waals surface area (Å²) in [6.45, 7) is 3.09. The molecule has 0 bridgehead atoms. The number of carbonyl (C=O) groups excluding carboxylic acids is 1. The number of alkyl halides is 3. The lowest BCUT2D eigenvalue weighted by atomic mass is 10.1. The molecule has 0 spiro atoms. The van der Waals surface area contributed by atoms with Gasteiger partial charge in [-0.05, 0) is 30.5 Å². The number of para-hydroxylation sites is 1. The van der Waals surface area contributed by atoms with Crippen LogP contribution in [-0.4, -0.2) is 27.0 Å².